The van der Waals surface area contributed by atoms with Crippen LogP contribution in [0, 0.1) is 34.9 Å². The van der Waals surface area contributed by atoms with Crippen LogP contribution in [0.5, 0.6) is 0 Å². The van der Waals surface area contributed by atoms with Crippen molar-refractivity contribution in [3.8, 4) is 6.07 Å². The minimum Gasteiger partial charge on any atom is -0.308 e. The van der Waals surface area contributed by atoms with E-state index in [1.54, 1.807) is 0 Å². The van der Waals surface area contributed by atoms with Crippen LogP contribution in [0.4, 0.5) is 17.6 Å². The summed E-state index contributed by atoms with van der Waals surface area (Å²) in [7, 11) is -4.35. The van der Waals surface area contributed by atoms with Gasteiger partial charge in [-0.2, -0.15) is 19.0 Å². The number of rotatable bonds is 6. The minimum atomic E-state index is -4.35. The van der Waals surface area contributed by atoms with Gasteiger partial charge < -0.3 is 9.05 Å². The Morgan fingerprint density at radius 1 is 1.14 bits per heavy atom. The van der Waals surface area contributed by atoms with Crippen molar-refractivity contribution in [2.75, 3.05) is 13.2 Å². The molecule has 1 aromatic heterocycles. The predicted molar refractivity (Wildman–Crippen MR) is 63.3 cm³/mol. The van der Waals surface area contributed by atoms with Crippen molar-refractivity contribution in [1.82, 2.24) is 4.98 Å². The maximum atomic E-state index is 13.7. The van der Waals surface area contributed by atoms with E-state index in [0.29, 0.717) is 0 Å². The Hall–Kier alpha value is -1.49. The number of halogens is 4. The average molecular weight is 326 g/mol. The Morgan fingerprint density at radius 2 is 1.57 bits per heavy atom. The van der Waals surface area contributed by atoms with Crippen LogP contribution in [0.1, 0.15) is 25.1 Å². The SMILES string of the molecule is CCOP(=O)(OCC)[C@@H](C#N)c1c(F)c(F)nc(F)c1F. The van der Waals surface area contributed by atoms with Crippen molar-refractivity contribution in [3.05, 3.63) is 29.1 Å². The van der Waals surface area contributed by atoms with Gasteiger partial charge in [-0.15, -0.1) is 0 Å². The molecular weight excluding hydrogens is 315 g/mol. The summed E-state index contributed by atoms with van der Waals surface area (Å²) in [6, 6.07) is 1.31. The van der Waals surface area contributed by atoms with Gasteiger partial charge in [0.2, 0.25) is 0 Å². The third-order valence-corrected chi connectivity index (χ3v) is 4.60. The number of nitrogens with zero attached hydrogens (tertiary/aromatic N) is 2. The Morgan fingerprint density at radius 3 is 1.90 bits per heavy atom. The summed E-state index contributed by atoms with van der Waals surface area (Å²) in [6.07, 6.45) is 0. The molecule has 5 nitrogen and oxygen atoms in total. The average Bonchev–Trinajstić information content (AvgIpc) is 2.41. The van der Waals surface area contributed by atoms with Crippen LogP contribution in [0.15, 0.2) is 0 Å². The second-order valence-corrected chi connectivity index (χ2v) is 5.75. The molecule has 0 aliphatic heterocycles. The molecule has 1 atom stereocenters. The molecule has 0 bridgehead atoms. The van der Waals surface area contributed by atoms with E-state index in [-0.39, 0.29) is 13.2 Å². The highest BCUT2D eigenvalue weighted by atomic mass is 31.2. The van der Waals surface area contributed by atoms with Crippen molar-refractivity contribution >= 4 is 7.60 Å². The number of pyridine rings is 1. The summed E-state index contributed by atoms with van der Waals surface area (Å²) in [5, 5.41) is 9.02. The zero-order chi connectivity index (χ0) is 16.2. The Bertz CT molecular complexity index is 584. The van der Waals surface area contributed by atoms with E-state index in [1.807, 2.05) is 0 Å². The van der Waals surface area contributed by atoms with Crippen LogP contribution in [-0.2, 0) is 13.6 Å². The fraction of sp³-hybridized carbons (Fsp3) is 0.455. The fourth-order valence-electron chi connectivity index (χ4n) is 1.58. The van der Waals surface area contributed by atoms with Crippen molar-refractivity contribution in [2.24, 2.45) is 0 Å². The second kappa shape index (κ2) is 6.98. The lowest BCUT2D eigenvalue weighted by molar-refractivity contribution is 0.215. The second-order valence-electron chi connectivity index (χ2n) is 3.64. The summed E-state index contributed by atoms with van der Waals surface area (Å²) < 4.78 is 75.5. The molecule has 1 aromatic rings. The van der Waals surface area contributed by atoms with E-state index in [4.69, 9.17) is 14.3 Å². The van der Waals surface area contributed by atoms with Crippen molar-refractivity contribution in [2.45, 2.75) is 19.5 Å². The van der Waals surface area contributed by atoms with Gasteiger partial charge in [0, 0.05) is 0 Å². The first-order valence-corrected chi connectivity index (χ1v) is 7.41. The standard InChI is InChI=1S/C11H11F4N2O3P/c1-3-19-21(18,20-4-2)6(5-16)7-8(12)10(14)17-11(15)9(7)13/h6H,3-4H2,1-2H3/t6-/m0/s1. The molecule has 0 amide bonds. The van der Waals surface area contributed by atoms with Crippen LogP contribution < -0.4 is 0 Å². The van der Waals surface area contributed by atoms with Crippen LogP contribution in [-0.4, -0.2) is 18.2 Å². The normalized spacial score (nSPS) is 13.0. The highest BCUT2D eigenvalue weighted by molar-refractivity contribution is 7.54. The van der Waals surface area contributed by atoms with Gasteiger partial charge in [0.1, 0.15) is 0 Å². The lowest BCUT2D eigenvalue weighted by Crippen LogP contribution is -2.13. The van der Waals surface area contributed by atoms with E-state index < -0.39 is 42.3 Å². The van der Waals surface area contributed by atoms with Gasteiger partial charge >= 0.3 is 7.60 Å². The molecule has 0 unspecified atom stereocenters. The van der Waals surface area contributed by atoms with Crippen LogP contribution >= 0.6 is 7.60 Å². The van der Waals surface area contributed by atoms with Crippen LogP contribution in [0.25, 0.3) is 0 Å². The monoisotopic (exact) mass is 326 g/mol. The molecule has 0 saturated carbocycles. The zero-order valence-electron chi connectivity index (χ0n) is 11.1. The molecule has 0 spiro atoms. The molecule has 0 saturated heterocycles. The summed E-state index contributed by atoms with van der Waals surface area (Å²) >= 11 is 0. The van der Waals surface area contributed by atoms with Crippen molar-refractivity contribution in [1.29, 1.82) is 5.26 Å². The van der Waals surface area contributed by atoms with Gasteiger partial charge in [0.15, 0.2) is 17.3 Å². The summed E-state index contributed by atoms with van der Waals surface area (Å²) in [5.41, 5.74) is -3.53. The summed E-state index contributed by atoms with van der Waals surface area (Å²) in [4.78, 5) is 2.36. The first-order valence-electron chi connectivity index (χ1n) is 5.80. The number of nitriles is 1. The van der Waals surface area contributed by atoms with Crippen LogP contribution in [0.2, 0.25) is 0 Å². The van der Waals surface area contributed by atoms with Gasteiger partial charge in [-0.1, -0.05) is 0 Å². The quantitative estimate of drug-likeness (QED) is 0.455. The maximum absolute atomic E-state index is 13.7. The van der Waals surface area contributed by atoms with Gasteiger partial charge in [-0.25, -0.2) is 8.78 Å². The molecule has 116 valence electrons. The topological polar surface area (TPSA) is 72.2 Å². The van der Waals surface area contributed by atoms with Crippen LogP contribution in [0.3, 0.4) is 0 Å². The van der Waals surface area contributed by atoms with E-state index >= 15 is 0 Å². The molecule has 1 rings (SSSR count). The van der Waals surface area contributed by atoms with E-state index in [0.717, 1.165) is 0 Å². The third kappa shape index (κ3) is 3.40. The highest BCUT2D eigenvalue weighted by Crippen LogP contribution is 2.61. The third-order valence-electron chi connectivity index (χ3n) is 2.36. The Labute approximate surface area is 118 Å². The lowest BCUT2D eigenvalue weighted by Gasteiger charge is -2.22. The first-order chi connectivity index (χ1) is 9.82. The van der Waals surface area contributed by atoms with Gasteiger partial charge in [-0.05, 0) is 13.8 Å². The number of aromatic nitrogens is 1. The molecule has 0 aliphatic rings. The predicted octanol–water partition coefficient (Wildman–Crippen LogP) is 3.47. The highest BCUT2D eigenvalue weighted by Gasteiger charge is 2.42. The molecule has 0 fully saturated rings. The molecule has 21 heavy (non-hydrogen) atoms. The van der Waals surface area contributed by atoms with E-state index in [9.17, 15) is 22.1 Å². The Balaban J connectivity index is 3.54. The summed E-state index contributed by atoms with van der Waals surface area (Å²) in [5.74, 6) is -7.74. The van der Waals surface area contributed by atoms with Gasteiger partial charge in [0.05, 0.1) is 24.8 Å². The molecule has 0 radical (unpaired) electrons. The molecule has 0 N–H and O–H groups in total. The largest absolute Gasteiger partial charge is 0.352 e. The maximum Gasteiger partial charge on any atom is 0.352 e. The molecule has 0 aromatic carbocycles. The van der Waals surface area contributed by atoms with Crippen molar-refractivity contribution < 1.29 is 31.2 Å². The van der Waals surface area contributed by atoms with E-state index in [1.165, 1.54) is 19.9 Å². The zero-order valence-corrected chi connectivity index (χ0v) is 12.0. The number of hydrogen-bond donors (Lipinski definition) is 0. The first kappa shape index (κ1) is 17.6. The minimum absolute atomic E-state index is 0.200. The van der Waals surface area contributed by atoms with Crippen molar-refractivity contribution in [3.63, 3.8) is 0 Å². The van der Waals surface area contributed by atoms with E-state index in [2.05, 4.69) is 4.98 Å². The lowest BCUT2D eigenvalue weighted by atomic mass is 10.2. The van der Waals surface area contributed by atoms with Gasteiger partial charge in [-0.3, -0.25) is 4.57 Å². The number of hydrogen-bond acceptors (Lipinski definition) is 5. The fourth-order valence-corrected chi connectivity index (χ4v) is 3.36. The molecule has 1 heterocycles. The molecule has 10 heteroatoms. The smallest absolute Gasteiger partial charge is 0.308 e. The van der Waals surface area contributed by atoms with Gasteiger partial charge in [0.25, 0.3) is 11.9 Å². The molecule has 0 aliphatic carbocycles. The molecular formula is C11H11F4N2O3P. The Kier molecular flexibility index (Phi) is 5.84. The summed E-state index contributed by atoms with van der Waals surface area (Å²) in [6.45, 7) is 2.41.